The number of hydrogen-bond donors (Lipinski definition) is 0. The van der Waals surface area contributed by atoms with Gasteiger partial charge in [-0.05, 0) is 24.1 Å². The molecule has 0 radical (unpaired) electrons. The molecule has 1 aromatic heterocycles. The molecule has 1 unspecified atom stereocenters. The van der Waals surface area contributed by atoms with E-state index in [1.165, 1.54) is 5.57 Å². The molecule has 1 atom stereocenters. The van der Waals surface area contributed by atoms with E-state index in [0.717, 1.165) is 17.8 Å². The van der Waals surface area contributed by atoms with Crippen molar-refractivity contribution in [3.8, 4) is 0 Å². The van der Waals surface area contributed by atoms with Gasteiger partial charge in [0.15, 0.2) is 5.78 Å². The van der Waals surface area contributed by atoms with Gasteiger partial charge in [0.2, 0.25) is 0 Å². The third kappa shape index (κ3) is 1.43. The van der Waals surface area contributed by atoms with Crippen LogP contribution in [0, 0.1) is 5.41 Å². The fraction of sp³-hybridized carbons (Fsp3) is 0.400. The highest BCUT2D eigenvalue weighted by Crippen LogP contribution is 2.51. The van der Waals surface area contributed by atoms with Crippen LogP contribution in [0.4, 0.5) is 0 Å². The summed E-state index contributed by atoms with van der Waals surface area (Å²) in [5, 5.41) is 0. The molecule has 1 aromatic rings. The molecule has 0 bridgehead atoms. The Kier molecular flexibility index (Phi) is 2.15. The van der Waals surface area contributed by atoms with Crippen molar-refractivity contribution in [1.82, 2.24) is 0 Å². The number of furan rings is 1. The lowest BCUT2D eigenvalue weighted by Crippen LogP contribution is -2.31. The Hall–Kier alpha value is -1.57. The van der Waals surface area contributed by atoms with Gasteiger partial charge < -0.3 is 4.42 Å². The zero-order chi connectivity index (χ0) is 12.0. The lowest BCUT2D eigenvalue weighted by Gasteiger charge is -2.38. The maximum absolute atomic E-state index is 12.1. The van der Waals surface area contributed by atoms with Crippen LogP contribution in [0.25, 0.3) is 0 Å². The van der Waals surface area contributed by atoms with Crippen molar-refractivity contribution in [1.29, 1.82) is 0 Å². The Bertz CT molecular complexity index is 515. The normalized spacial score (nSPS) is 26.5. The van der Waals surface area contributed by atoms with Crippen molar-refractivity contribution in [3.05, 3.63) is 47.5 Å². The van der Waals surface area contributed by atoms with E-state index in [-0.39, 0.29) is 17.1 Å². The highest BCUT2D eigenvalue weighted by Gasteiger charge is 2.43. The van der Waals surface area contributed by atoms with Crippen LogP contribution in [0.15, 0.2) is 46.1 Å². The van der Waals surface area contributed by atoms with Crippen LogP contribution in [-0.2, 0) is 4.79 Å². The Labute approximate surface area is 101 Å². The molecule has 3 rings (SSSR count). The quantitative estimate of drug-likeness (QED) is 0.734. The largest absolute Gasteiger partial charge is 0.469 e. The average molecular weight is 228 g/mol. The molecule has 2 aliphatic carbocycles. The molecule has 0 spiro atoms. The van der Waals surface area contributed by atoms with Gasteiger partial charge in [-0.15, -0.1) is 0 Å². The lowest BCUT2D eigenvalue weighted by atomic mass is 9.65. The minimum Gasteiger partial charge on any atom is -0.469 e. The molecule has 0 saturated carbocycles. The molecular weight excluding hydrogens is 212 g/mol. The third-order valence-corrected chi connectivity index (χ3v) is 4.11. The van der Waals surface area contributed by atoms with Gasteiger partial charge in [0.1, 0.15) is 5.76 Å². The van der Waals surface area contributed by atoms with Crippen LogP contribution >= 0.6 is 0 Å². The van der Waals surface area contributed by atoms with E-state index in [0.29, 0.717) is 6.42 Å². The average Bonchev–Trinajstić information content (AvgIpc) is 2.93. The Balaban J connectivity index is 2.09. The smallest absolute Gasteiger partial charge is 0.160 e. The highest BCUT2D eigenvalue weighted by molar-refractivity contribution is 5.99. The van der Waals surface area contributed by atoms with E-state index in [4.69, 9.17) is 4.42 Å². The fourth-order valence-corrected chi connectivity index (χ4v) is 3.07. The number of hydrogen-bond acceptors (Lipinski definition) is 2. The van der Waals surface area contributed by atoms with E-state index in [1.807, 2.05) is 12.1 Å². The number of rotatable bonds is 1. The molecule has 2 aliphatic rings. The van der Waals surface area contributed by atoms with Crippen LogP contribution in [0.2, 0.25) is 0 Å². The third-order valence-electron chi connectivity index (χ3n) is 4.11. The van der Waals surface area contributed by atoms with Gasteiger partial charge in [0, 0.05) is 23.3 Å². The molecule has 0 aliphatic heterocycles. The first-order valence-corrected chi connectivity index (χ1v) is 6.07. The van der Waals surface area contributed by atoms with Crippen LogP contribution < -0.4 is 0 Å². The first-order chi connectivity index (χ1) is 8.10. The standard InChI is InChI=1S/C15H16O2/c1-15(2)11-6-3-5-10(11)13(16)9-12(15)14-7-4-8-17-14/h3-4,6-8,12H,5,9H2,1-2H3. The minimum absolute atomic E-state index is 0.0197. The summed E-state index contributed by atoms with van der Waals surface area (Å²) in [5.74, 6) is 1.37. The Morgan fingerprint density at radius 1 is 1.41 bits per heavy atom. The lowest BCUT2D eigenvalue weighted by molar-refractivity contribution is -0.117. The van der Waals surface area contributed by atoms with Crippen molar-refractivity contribution in [2.45, 2.75) is 32.6 Å². The van der Waals surface area contributed by atoms with Gasteiger partial charge in [0.25, 0.3) is 0 Å². The Morgan fingerprint density at radius 2 is 2.24 bits per heavy atom. The maximum Gasteiger partial charge on any atom is 0.160 e. The fourth-order valence-electron chi connectivity index (χ4n) is 3.07. The van der Waals surface area contributed by atoms with Gasteiger partial charge in [-0.3, -0.25) is 4.79 Å². The molecule has 0 amide bonds. The summed E-state index contributed by atoms with van der Waals surface area (Å²) in [6, 6.07) is 3.87. The summed E-state index contributed by atoms with van der Waals surface area (Å²) >= 11 is 0. The highest BCUT2D eigenvalue weighted by atomic mass is 16.3. The summed E-state index contributed by atoms with van der Waals surface area (Å²) < 4.78 is 5.51. The van der Waals surface area contributed by atoms with Crippen molar-refractivity contribution < 1.29 is 9.21 Å². The van der Waals surface area contributed by atoms with E-state index in [9.17, 15) is 4.79 Å². The number of allylic oxidation sites excluding steroid dienone is 4. The van der Waals surface area contributed by atoms with E-state index < -0.39 is 0 Å². The number of Topliss-reactive ketones (excluding diaryl/α,β-unsaturated/α-hetero) is 1. The molecule has 88 valence electrons. The SMILES string of the molecule is CC1(C)C2=C(CC=C2)C(=O)CC1c1ccco1. The van der Waals surface area contributed by atoms with Gasteiger partial charge in [-0.25, -0.2) is 0 Å². The number of carbonyl (C=O) groups is 1. The van der Waals surface area contributed by atoms with Gasteiger partial charge in [0.05, 0.1) is 6.26 Å². The summed E-state index contributed by atoms with van der Waals surface area (Å²) in [6.07, 6.45) is 7.27. The van der Waals surface area contributed by atoms with E-state index in [2.05, 4.69) is 26.0 Å². The predicted octanol–water partition coefficient (Wildman–Crippen LogP) is 3.62. The first kappa shape index (κ1) is 10.6. The van der Waals surface area contributed by atoms with E-state index >= 15 is 0 Å². The molecule has 17 heavy (non-hydrogen) atoms. The molecule has 2 heteroatoms. The van der Waals surface area contributed by atoms with Gasteiger partial charge in [-0.2, -0.15) is 0 Å². The summed E-state index contributed by atoms with van der Waals surface area (Å²) in [4.78, 5) is 12.1. The monoisotopic (exact) mass is 228 g/mol. The van der Waals surface area contributed by atoms with Crippen molar-refractivity contribution in [2.24, 2.45) is 5.41 Å². The summed E-state index contributed by atoms with van der Waals surface area (Å²) in [6.45, 7) is 4.41. The topological polar surface area (TPSA) is 30.2 Å². The van der Waals surface area contributed by atoms with Crippen LogP contribution in [0.1, 0.15) is 38.4 Å². The predicted molar refractivity (Wildman–Crippen MR) is 65.6 cm³/mol. The molecule has 0 fully saturated rings. The van der Waals surface area contributed by atoms with Crippen molar-refractivity contribution in [2.75, 3.05) is 0 Å². The molecule has 0 N–H and O–H groups in total. The zero-order valence-electron chi connectivity index (χ0n) is 10.2. The second kappa shape index (κ2) is 3.46. The number of carbonyl (C=O) groups excluding carboxylic acids is 1. The molecule has 1 heterocycles. The molecule has 0 aromatic carbocycles. The maximum atomic E-state index is 12.1. The second-order valence-corrected chi connectivity index (χ2v) is 5.42. The first-order valence-electron chi connectivity index (χ1n) is 6.07. The van der Waals surface area contributed by atoms with Crippen LogP contribution in [0.3, 0.4) is 0 Å². The molecule has 2 nitrogen and oxygen atoms in total. The Morgan fingerprint density at radius 3 is 2.94 bits per heavy atom. The van der Waals surface area contributed by atoms with Crippen LogP contribution in [-0.4, -0.2) is 5.78 Å². The van der Waals surface area contributed by atoms with Crippen LogP contribution in [0.5, 0.6) is 0 Å². The second-order valence-electron chi connectivity index (χ2n) is 5.42. The number of ketones is 1. The molecule has 0 saturated heterocycles. The van der Waals surface area contributed by atoms with Gasteiger partial charge in [-0.1, -0.05) is 26.0 Å². The summed E-state index contributed by atoms with van der Waals surface area (Å²) in [7, 11) is 0. The molecular formula is C15H16O2. The van der Waals surface area contributed by atoms with Gasteiger partial charge >= 0.3 is 0 Å². The van der Waals surface area contributed by atoms with Crippen molar-refractivity contribution in [3.63, 3.8) is 0 Å². The van der Waals surface area contributed by atoms with Crippen molar-refractivity contribution >= 4 is 5.78 Å². The summed E-state index contributed by atoms with van der Waals surface area (Å²) in [5.41, 5.74) is 2.20. The zero-order valence-corrected chi connectivity index (χ0v) is 10.2. The van der Waals surface area contributed by atoms with E-state index in [1.54, 1.807) is 6.26 Å². The minimum atomic E-state index is -0.0197.